The number of benzene rings is 2. The minimum Gasteiger partial charge on any atom is -0.494 e. The van der Waals surface area contributed by atoms with Gasteiger partial charge in [-0.3, -0.25) is 10.2 Å². The Morgan fingerprint density at radius 1 is 1.21 bits per heavy atom. The second-order valence-electron chi connectivity index (χ2n) is 6.55. The molecule has 1 aliphatic rings. The fraction of sp³-hybridized carbons (Fsp3) is 0.182. The lowest BCUT2D eigenvalue weighted by Gasteiger charge is -2.24. The summed E-state index contributed by atoms with van der Waals surface area (Å²) in [4.78, 5) is 16.8. The third-order valence-electron chi connectivity index (χ3n) is 4.66. The van der Waals surface area contributed by atoms with Gasteiger partial charge in [-0.15, -0.1) is 0 Å². The van der Waals surface area contributed by atoms with Crippen molar-refractivity contribution in [3.8, 4) is 5.75 Å². The zero-order chi connectivity index (χ0) is 19.7. The molecule has 0 spiro atoms. The third kappa shape index (κ3) is 3.41. The summed E-state index contributed by atoms with van der Waals surface area (Å²) in [5, 5.41) is 2.86. The van der Waals surface area contributed by atoms with Crippen molar-refractivity contribution < 1.29 is 9.53 Å². The number of carbonyl (C=O) groups excluding carboxylic acids is 1. The molecule has 0 radical (unpaired) electrons. The molecule has 6 heteroatoms. The molecule has 1 atom stereocenters. The van der Waals surface area contributed by atoms with Gasteiger partial charge in [-0.25, -0.2) is 9.99 Å². The van der Waals surface area contributed by atoms with E-state index in [2.05, 4.69) is 10.4 Å². The van der Waals surface area contributed by atoms with E-state index in [0.29, 0.717) is 11.8 Å². The van der Waals surface area contributed by atoms with Gasteiger partial charge < -0.3 is 4.74 Å². The van der Waals surface area contributed by atoms with Crippen LogP contribution in [0.5, 0.6) is 5.75 Å². The molecule has 2 heterocycles. The van der Waals surface area contributed by atoms with Crippen molar-refractivity contribution in [1.82, 2.24) is 15.4 Å². The molecule has 1 N–H and O–H groups in total. The smallest absolute Gasteiger partial charge is 0.238 e. The van der Waals surface area contributed by atoms with Gasteiger partial charge in [0.1, 0.15) is 16.9 Å². The lowest BCUT2D eigenvalue weighted by molar-refractivity contribution is -0.132. The minimum atomic E-state index is -0.354. The Morgan fingerprint density at radius 3 is 2.71 bits per heavy atom. The number of ether oxygens (including phenoxy) is 1. The highest BCUT2D eigenvalue weighted by molar-refractivity contribution is 6.30. The van der Waals surface area contributed by atoms with Crippen molar-refractivity contribution in [3.05, 3.63) is 77.0 Å². The second kappa shape index (κ2) is 7.52. The number of hydrogen-bond acceptors (Lipinski definition) is 4. The Balaban J connectivity index is 1.80. The molecule has 3 aromatic rings. The molecule has 1 aromatic heterocycles. The van der Waals surface area contributed by atoms with Crippen molar-refractivity contribution in [3.63, 3.8) is 0 Å². The molecule has 0 aliphatic carbocycles. The van der Waals surface area contributed by atoms with Crippen LogP contribution in [0.2, 0.25) is 5.15 Å². The average molecular weight is 394 g/mol. The number of hydrazine groups is 1. The molecule has 2 aromatic carbocycles. The first-order valence-corrected chi connectivity index (χ1v) is 9.51. The lowest BCUT2D eigenvalue weighted by Crippen LogP contribution is -2.38. The molecule has 4 rings (SSSR count). The average Bonchev–Trinajstić information content (AvgIpc) is 3.14. The standard InChI is InChI=1S/C22H20ClN3O2/c1-3-28-17-9-10-19-16(11-17)12-18(22(23)24-19)21-13-20(25-26(21)14(2)27)15-7-5-4-6-8-15/h4-13,21,25H,3H2,1-2H3/t21-/m0/s1. The summed E-state index contributed by atoms with van der Waals surface area (Å²) in [5.41, 5.74) is 6.60. The van der Waals surface area contributed by atoms with Crippen LogP contribution >= 0.6 is 11.6 Å². The van der Waals surface area contributed by atoms with E-state index in [-0.39, 0.29) is 11.9 Å². The number of hydrogen-bond donors (Lipinski definition) is 1. The van der Waals surface area contributed by atoms with Crippen LogP contribution in [-0.2, 0) is 4.79 Å². The maximum absolute atomic E-state index is 12.3. The predicted octanol–water partition coefficient (Wildman–Crippen LogP) is 4.74. The molecule has 0 saturated heterocycles. The van der Waals surface area contributed by atoms with Gasteiger partial charge in [0.05, 0.1) is 17.8 Å². The number of aromatic nitrogens is 1. The van der Waals surface area contributed by atoms with Crippen molar-refractivity contribution in [1.29, 1.82) is 0 Å². The summed E-state index contributed by atoms with van der Waals surface area (Å²) in [6.45, 7) is 4.06. The maximum Gasteiger partial charge on any atom is 0.238 e. The molecule has 1 aliphatic heterocycles. The Labute approximate surface area is 168 Å². The molecule has 5 nitrogen and oxygen atoms in total. The summed E-state index contributed by atoms with van der Waals surface area (Å²) in [6, 6.07) is 17.2. The van der Waals surface area contributed by atoms with E-state index in [1.165, 1.54) is 6.92 Å². The van der Waals surface area contributed by atoms with Crippen LogP contribution in [0.4, 0.5) is 0 Å². The van der Waals surface area contributed by atoms with Gasteiger partial charge in [-0.05, 0) is 42.8 Å². The normalized spacial score (nSPS) is 16.0. The van der Waals surface area contributed by atoms with Crippen molar-refractivity contribution in [2.24, 2.45) is 0 Å². The van der Waals surface area contributed by atoms with Crippen molar-refractivity contribution in [2.45, 2.75) is 19.9 Å². The molecular weight excluding hydrogens is 374 g/mol. The Bertz CT molecular complexity index is 1070. The number of nitrogens with one attached hydrogen (secondary N) is 1. The number of rotatable bonds is 4. The van der Waals surface area contributed by atoms with Crippen LogP contribution in [0.15, 0.2) is 60.7 Å². The summed E-state index contributed by atoms with van der Waals surface area (Å²) >= 11 is 6.51. The second-order valence-corrected chi connectivity index (χ2v) is 6.91. The Hall–Kier alpha value is -3.05. The Morgan fingerprint density at radius 2 is 2.00 bits per heavy atom. The van der Waals surface area contributed by atoms with E-state index in [9.17, 15) is 4.79 Å². The summed E-state index contributed by atoms with van der Waals surface area (Å²) in [7, 11) is 0. The van der Waals surface area contributed by atoms with Gasteiger partial charge in [0.2, 0.25) is 5.91 Å². The molecule has 28 heavy (non-hydrogen) atoms. The molecule has 1 amide bonds. The zero-order valence-corrected chi connectivity index (χ0v) is 16.4. The highest BCUT2D eigenvalue weighted by Crippen LogP contribution is 2.36. The first kappa shape index (κ1) is 18.3. The van der Waals surface area contributed by atoms with E-state index in [1.807, 2.05) is 67.6 Å². The first-order valence-electron chi connectivity index (χ1n) is 9.13. The van der Waals surface area contributed by atoms with Crippen molar-refractivity contribution >= 4 is 34.1 Å². The molecule has 0 unspecified atom stereocenters. The van der Waals surface area contributed by atoms with E-state index < -0.39 is 0 Å². The topological polar surface area (TPSA) is 54.5 Å². The van der Waals surface area contributed by atoms with E-state index >= 15 is 0 Å². The highest BCUT2D eigenvalue weighted by atomic mass is 35.5. The number of amides is 1. The number of fused-ring (bicyclic) bond motifs is 1. The van der Waals surface area contributed by atoms with Gasteiger partial charge in [0, 0.05) is 17.9 Å². The maximum atomic E-state index is 12.3. The molecule has 142 valence electrons. The number of carbonyl (C=O) groups is 1. The minimum absolute atomic E-state index is 0.105. The molecule has 0 saturated carbocycles. The predicted molar refractivity (Wildman–Crippen MR) is 111 cm³/mol. The summed E-state index contributed by atoms with van der Waals surface area (Å²) in [5.74, 6) is 0.671. The lowest BCUT2D eigenvalue weighted by atomic mass is 10.0. The fourth-order valence-electron chi connectivity index (χ4n) is 3.36. The SMILES string of the molecule is CCOc1ccc2nc(Cl)c([C@@H]3C=C(c4ccccc4)NN3C(C)=O)cc2c1. The van der Waals surface area contributed by atoms with Crippen molar-refractivity contribution in [2.75, 3.05) is 6.61 Å². The van der Waals surface area contributed by atoms with E-state index in [4.69, 9.17) is 16.3 Å². The summed E-state index contributed by atoms with van der Waals surface area (Å²) < 4.78 is 5.59. The van der Waals surface area contributed by atoms with Crippen LogP contribution in [0, 0.1) is 0 Å². The Kier molecular flexibility index (Phi) is 4.92. The van der Waals surface area contributed by atoms with E-state index in [1.54, 1.807) is 5.01 Å². The summed E-state index contributed by atoms with van der Waals surface area (Å²) in [6.07, 6.45) is 2.00. The number of pyridine rings is 1. The molecule has 0 bridgehead atoms. The number of nitrogens with zero attached hydrogens (tertiary/aromatic N) is 2. The van der Waals surface area contributed by atoms with Crippen LogP contribution < -0.4 is 10.2 Å². The molecular formula is C22H20ClN3O2. The first-order chi connectivity index (χ1) is 13.6. The van der Waals surface area contributed by atoms with Crippen LogP contribution in [-0.4, -0.2) is 22.5 Å². The largest absolute Gasteiger partial charge is 0.494 e. The van der Waals surface area contributed by atoms with Gasteiger partial charge >= 0.3 is 0 Å². The van der Waals surface area contributed by atoms with E-state index in [0.717, 1.165) is 33.5 Å². The van der Waals surface area contributed by atoms with Crippen LogP contribution in [0.1, 0.15) is 31.0 Å². The van der Waals surface area contributed by atoms with Crippen LogP contribution in [0.25, 0.3) is 16.6 Å². The number of halogens is 1. The van der Waals surface area contributed by atoms with Gasteiger partial charge in [0.15, 0.2) is 0 Å². The van der Waals surface area contributed by atoms with Gasteiger partial charge in [0.25, 0.3) is 0 Å². The quantitative estimate of drug-likeness (QED) is 0.651. The fourth-order valence-corrected chi connectivity index (χ4v) is 3.62. The third-order valence-corrected chi connectivity index (χ3v) is 4.97. The van der Waals surface area contributed by atoms with Gasteiger partial charge in [-0.2, -0.15) is 0 Å². The molecule has 0 fully saturated rings. The van der Waals surface area contributed by atoms with Gasteiger partial charge in [-0.1, -0.05) is 41.9 Å². The zero-order valence-electron chi connectivity index (χ0n) is 15.6. The highest BCUT2D eigenvalue weighted by Gasteiger charge is 2.30. The monoisotopic (exact) mass is 393 g/mol. The van der Waals surface area contributed by atoms with Crippen LogP contribution in [0.3, 0.4) is 0 Å².